The van der Waals surface area contributed by atoms with E-state index in [1.807, 2.05) is 6.92 Å². The van der Waals surface area contributed by atoms with Gasteiger partial charge >= 0.3 is 0 Å². The van der Waals surface area contributed by atoms with Gasteiger partial charge < -0.3 is 11.1 Å². The number of hydrogen-bond donors (Lipinski definition) is 2. The lowest BCUT2D eigenvalue weighted by molar-refractivity contribution is 0.407. The summed E-state index contributed by atoms with van der Waals surface area (Å²) < 4.78 is 4.14. The predicted octanol–water partition coefficient (Wildman–Crippen LogP) is 2.02. The van der Waals surface area contributed by atoms with Gasteiger partial charge in [0.15, 0.2) is 0 Å². The molecule has 0 spiro atoms. The van der Waals surface area contributed by atoms with E-state index < -0.39 is 0 Å². The molecular formula is C10H20N4S. The second-order valence-corrected chi connectivity index (χ2v) is 5.39. The van der Waals surface area contributed by atoms with E-state index in [1.165, 1.54) is 11.5 Å². The predicted molar refractivity (Wildman–Crippen MR) is 65.2 cm³/mol. The van der Waals surface area contributed by atoms with Crippen molar-refractivity contribution in [3.05, 3.63) is 5.82 Å². The number of aryl methyl sites for hydroxylation is 1. The van der Waals surface area contributed by atoms with Crippen LogP contribution in [0.15, 0.2) is 0 Å². The smallest absolute Gasteiger partial charge is 0.203 e. The van der Waals surface area contributed by atoms with Crippen molar-refractivity contribution in [3.8, 4) is 0 Å². The van der Waals surface area contributed by atoms with E-state index in [0.717, 1.165) is 17.4 Å². The fraction of sp³-hybridized carbons (Fsp3) is 0.800. The Kier molecular flexibility index (Phi) is 4.04. The average molecular weight is 228 g/mol. The van der Waals surface area contributed by atoms with Crippen LogP contribution in [-0.2, 0) is 0 Å². The normalized spacial score (nSPS) is 15.3. The summed E-state index contributed by atoms with van der Waals surface area (Å²) in [6.45, 7) is 9.01. The molecule has 0 saturated heterocycles. The second-order valence-electron chi connectivity index (χ2n) is 4.63. The number of rotatable bonds is 5. The molecule has 0 saturated carbocycles. The molecule has 0 aliphatic carbocycles. The van der Waals surface area contributed by atoms with Gasteiger partial charge in [-0.2, -0.15) is 4.37 Å². The largest absolute Gasteiger partial charge is 0.354 e. The number of hydrogen-bond acceptors (Lipinski definition) is 5. The number of nitrogens with zero attached hydrogens (tertiary/aromatic N) is 2. The molecule has 15 heavy (non-hydrogen) atoms. The third-order valence-corrected chi connectivity index (χ3v) is 2.97. The molecule has 1 aromatic heterocycles. The van der Waals surface area contributed by atoms with Crippen molar-refractivity contribution in [1.29, 1.82) is 0 Å². The van der Waals surface area contributed by atoms with E-state index >= 15 is 0 Å². The molecule has 0 aliphatic rings. The first kappa shape index (κ1) is 12.4. The average Bonchev–Trinajstić information content (AvgIpc) is 2.49. The molecule has 1 heterocycles. The molecule has 86 valence electrons. The van der Waals surface area contributed by atoms with Crippen molar-refractivity contribution in [3.63, 3.8) is 0 Å². The number of nitrogens with two attached hydrogens (primary N) is 1. The molecule has 0 radical (unpaired) electrons. The van der Waals surface area contributed by atoms with Gasteiger partial charge in [0.05, 0.1) is 0 Å². The van der Waals surface area contributed by atoms with Crippen molar-refractivity contribution >= 4 is 16.7 Å². The molecule has 1 aromatic rings. The molecule has 1 atom stereocenters. The lowest BCUT2D eigenvalue weighted by Crippen LogP contribution is -2.43. The second kappa shape index (κ2) is 4.90. The highest BCUT2D eigenvalue weighted by Gasteiger charge is 2.24. The Morgan fingerprint density at radius 1 is 1.53 bits per heavy atom. The van der Waals surface area contributed by atoms with Crippen molar-refractivity contribution in [2.45, 2.75) is 39.7 Å². The Balaban J connectivity index is 2.67. The monoisotopic (exact) mass is 228 g/mol. The minimum absolute atomic E-state index is 0.0832. The molecule has 0 aliphatic heterocycles. The summed E-state index contributed by atoms with van der Waals surface area (Å²) in [5.41, 5.74) is 5.72. The van der Waals surface area contributed by atoms with Gasteiger partial charge in [-0.05, 0) is 26.2 Å². The first-order valence-corrected chi connectivity index (χ1v) is 6.01. The zero-order valence-corrected chi connectivity index (χ0v) is 10.7. The fourth-order valence-corrected chi connectivity index (χ4v) is 2.42. The molecule has 0 aromatic carbocycles. The summed E-state index contributed by atoms with van der Waals surface area (Å²) in [6, 6.07) is 0. The van der Waals surface area contributed by atoms with Gasteiger partial charge in [-0.25, -0.2) is 4.98 Å². The van der Waals surface area contributed by atoms with Gasteiger partial charge in [-0.3, -0.25) is 0 Å². The Morgan fingerprint density at radius 2 is 2.20 bits per heavy atom. The van der Waals surface area contributed by atoms with Crippen LogP contribution in [0, 0.1) is 12.8 Å². The molecule has 0 fully saturated rings. The van der Waals surface area contributed by atoms with Gasteiger partial charge in [-0.15, -0.1) is 0 Å². The van der Waals surface area contributed by atoms with Crippen molar-refractivity contribution < 1.29 is 0 Å². The first-order chi connectivity index (χ1) is 6.95. The summed E-state index contributed by atoms with van der Waals surface area (Å²) in [5, 5.41) is 4.24. The molecule has 0 bridgehead atoms. The highest BCUT2D eigenvalue weighted by Crippen LogP contribution is 2.22. The van der Waals surface area contributed by atoms with Gasteiger partial charge in [0, 0.05) is 23.6 Å². The maximum Gasteiger partial charge on any atom is 0.203 e. The minimum atomic E-state index is -0.0832. The quantitative estimate of drug-likeness (QED) is 0.809. The fourth-order valence-electron chi connectivity index (χ4n) is 1.69. The number of aromatic nitrogens is 2. The van der Waals surface area contributed by atoms with Crippen LogP contribution in [0.2, 0.25) is 0 Å². The maximum absolute atomic E-state index is 5.80. The molecule has 0 amide bonds. The summed E-state index contributed by atoms with van der Waals surface area (Å²) in [7, 11) is 0. The molecule has 1 rings (SSSR count). The lowest BCUT2D eigenvalue weighted by atomic mass is 9.91. The summed E-state index contributed by atoms with van der Waals surface area (Å²) >= 11 is 1.39. The van der Waals surface area contributed by atoms with Crippen LogP contribution in [0.25, 0.3) is 0 Å². The van der Waals surface area contributed by atoms with Crippen LogP contribution in [0.1, 0.15) is 33.0 Å². The van der Waals surface area contributed by atoms with Crippen LogP contribution in [-0.4, -0.2) is 21.4 Å². The van der Waals surface area contributed by atoms with Crippen LogP contribution in [0.4, 0.5) is 5.13 Å². The molecule has 1 unspecified atom stereocenters. The zero-order valence-electron chi connectivity index (χ0n) is 9.87. The lowest BCUT2D eigenvalue weighted by Gasteiger charge is -2.30. The van der Waals surface area contributed by atoms with E-state index in [4.69, 9.17) is 5.73 Å². The van der Waals surface area contributed by atoms with E-state index in [0.29, 0.717) is 12.5 Å². The van der Waals surface area contributed by atoms with Gasteiger partial charge in [0.1, 0.15) is 5.82 Å². The minimum Gasteiger partial charge on any atom is -0.354 e. The van der Waals surface area contributed by atoms with Crippen LogP contribution in [0.3, 0.4) is 0 Å². The Labute approximate surface area is 95.5 Å². The number of nitrogens with one attached hydrogen (secondary N) is 1. The molecule has 5 heteroatoms. The van der Waals surface area contributed by atoms with Crippen LogP contribution >= 0.6 is 11.5 Å². The standard InChI is InChI=1S/C10H20N4S/c1-7(2)5-10(4,6-11)13-9-12-8(3)14-15-9/h7H,5-6,11H2,1-4H3,(H,12,13,14). The van der Waals surface area contributed by atoms with E-state index in [9.17, 15) is 0 Å². The highest BCUT2D eigenvalue weighted by atomic mass is 32.1. The van der Waals surface area contributed by atoms with Crippen molar-refractivity contribution in [1.82, 2.24) is 9.36 Å². The van der Waals surface area contributed by atoms with Gasteiger partial charge in [-0.1, -0.05) is 13.8 Å². The van der Waals surface area contributed by atoms with Crippen LogP contribution in [0.5, 0.6) is 0 Å². The summed E-state index contributed by atoms with van der Waals surface area (Å²) in [4.78, 5) is 4.29. The Hall–Kier alpha value is -0.680. The van der Waals surface area contributed by atoms with Crippen molar-refractivity contribution in [2.75, 3.05) is 11.9 Å². The van der Waals surface area contributed by atoms with E-state index in [1.54, 1.807) is 0 Å². The molecule has 4 nitrogen and oxygen atoms in total. The zero-order chi connectivity index (χ0) is 11.5. The van der Waals surface area contributed by atoms with Gasteiger partial charge in [0.2, 0.25) is 5.13 Å². The SMILES string of the molecule is Cc1nsc(NC(C)(CN)CC(C)C)n1. The Morgan fingerprint density at radius 3 is 2.60 bits per heavy atom. The van der Waals surface area contributed by atoms with Crippen molar-refractivity contribution in [2.24, 2.45) is 11.7 Å². The molecular weight excluding hydrogens is 208 g/mol. The summed E-state index contributed by atoms with van der Waals surface area (Å²) in [6.07, 6.45) is 1.03. The topological polar surface area (TPSA) is 63.8 Å². The van der Waals surface area contributed by atoms with Gasteiger partial charge in [0.25, 0.3) is 0 Å². The van der Waals surface area contributed by atoms with E-state index in [-0.39, 0.29) is 5.54 Å². The van der Waals surface area contributed by atoms with E-state index in [2.05, 4.69) is 35.4 Å². The van der Waals surface area contributed by atoms with Crippen LogP contribution < -0.4 is 11.1 Å². The maximum atomic E-state index is 5.80. The summed E-state index contributed by atoms with van der Waals surface area (Å²) in [5.74, 6) is 1.42. The third-order valence-electron chi connectivity index (χ3n) is 2.25. The first-order valence-electron chi connectivity index (χ1n) is 5.24. The Bertz CT molecular complexity index is 310. The highest BCUT2D eigenvalue weighted by molar-refractivity contribution is 7.09. The number of anilines is 1. The third kappa shape index (κ3) is 3.76. The molecule has 3 N–H and O–H groups in total.